The molecule has 0 aliphatic rings. The molecule has 4 nitrogen and oxygen atoms in total. The second-order valence-corrected chi connectivity index (χ2v) is 4.57. The zero-order chi connectivity index (χ0) is 14.4. The third kappa shape index (κ3) is 3.96. The van der Waals surface area contributed by atoms with Gasteiger partial charge in [-0.3, -0.25) is 4.79 Å². The molecule has 1 aromatic heterocycles. The van der Waals surface area contributed by atoms with Crippen LogP contribution >= 0.6 is 11.6 Å². The van der Waals surface area contributed by atoms with Crippen LogP contribution in [0.2, 0.25) is 5.02 Å². The number of hydrogen-bond acceptors (Lipinski definition) is 3. The molecule has 20 heavy (non-hydrogen) atoms. The Labute approximate surface area is 122 Å². The van der Waals surface area contributed by atoms with Crippen molar-refractivity contribution in [3.8, 4) is 5.75 Å². The van der Waals surface area contributed by atoms with Crippen molar-refractivity contribution in [2.24, 2.45) is 0 Å². The fourth-order valence-electron chi connectivity index (χ4n) is 1.72. The summed E-state index contributed by atoms with van der Waals surface area (Å²) in [5, 5.41) is 3.40. The van der Waals surface area contributed by atoms with Gasteiger partial charge in [0.2, 0.25) is 5.91 Å². The zero-order valence-corrected chi connectivity index (χ0v) is 11.9. The smallest absolute Gasteiger partial charge is 0.230 e. The number of ether oxygens (including phenoxy) is 1. The van der Waals surface area contributed by atoms with Crippen LogP contribution in [0.25, 0.3) is 0 Å². The topological polar surface area (TPSA) is 51.2 Å². The fourth-order valence-corrected chi connectivity index (χ4v) is 1.85. The molecule has 0 radical (unpaired) electrons. The lowest BCUT2D eigenvalue weighted by molar-refractivity contribution is -0.115. The number of carbonyl (C=O) groups is 1. The van der Waals surface area contributed by atoms with Crippen LogP contribution in [0.3, 0.4) is 0 Å². The van der Waals surface area contributed by atoms with Crippen LogP contribution in [0.5, 0.6) is 5.75 Å². The van der Waals surface area contributed by atoms with E-state index in [1.165, 1.54) is 0 Å². The Morgan fingerprint density at radius 1 is 1.30 bits per heavy atom. The molecular formula is C15H15ClN2O2. The van der Waals surface area contributed by atoms with E-state index in [0.717, 1.165) is 5.56 Å². The summed E-state index contributed by atoms with van der Waals surface area (Å²) in [6, 6.07) is 10.7. The van der Waals surface area contributed by atoms with E-state index in [9.17, 15) is 4.79 Å². The number of nitrogens with zero attached hydrogens (tertiary/aromatic N) is 1. The van der Waals surface area contributed by atoms with Gasteiger partial charge in [-0.15, -0.1) is 0 Å². The van der Waals surface area contributed by atoms with Crippen LogP contribution in [0, 0.1) is 0 Å². The second kappa shape index (κ2) is 6.91. The van der Waals surface area contributed by atoms with Crippen molar-refractivity contribution >= 4 is 23.3 Å². The number of amides is 1. The molecule has 0 aliphatic heterocycles. The molecule has 0 spiro atoms. The van der Waals surface area contributed by atoms with E-state index in [-0.39, 0.29) is 12.3 Å². The van der Waals surface area contributed by atoms with Gasteiger partial charge in [0.05, 0.1) is 13.0 Å². The minimum atomic E-state index is -0.146. The first-order valence-corrected chi connectivity index (χ1v) is 6.69. The number of carbonyl (C=O) groups excluding carboxylic acids is 1. The highest BCUT2D eigenvalue weighted by molar-refractivity contribution is 6.30. The minimum Gasteiger partial charge on any atom is -0.490 e. The van der Waals surface area contributed by atoms with E-state index in [1.807, 2.05) is 19.1 Å². The summed E-state index contributed by atoms with van der Waals surface area (Å²) >= 11 is 5.81. The molecule has 104 valence electrons. The molecule has 0 saturated carbocycles. The molecule has 2 aromatic rings. The van der Waals surface area contributed by atoms with E-state index in [0.29, 0.717) is 23.2 Å². The number of pyridine rings is 1. The lowest BCUT2D eigenvalue weighted by Gasteiger charge is -2.10. The van der Waals surface area contributed by atoms with E-state index < -0.39 is 0 Å². The Morgan fingerprint density at radius 3 is 2.75 bits per heavy atom. The molecule has 0 saturated heterocycles. The average Bonchev–Trinajstić information content (AvgIpc) is 2.44. The van der Waals surface area contributed by atoms with E-state index >= 15 is 0 Å². The number of aromatic nitrogens is 1. The van der Waals surface area contributed by atoms with Crippen LogP contribution in [0.4, 0.5) is 5.82 Å². The summed E-state index contributed by atoms with van der Waals surface area (Å²) in [5.41, 5.74) is 0.890. The molecule has 0 fully saturated rings. The minimum absolute atomic E-state index is 0.146. The highest BCUT2D eigenvalue weighted by Crippen LogP contribution is 2.21. The fraction of sp³-hybridized carbons (Fsp3) is 0.200. The summed E-state index contributed by atoms with van der Waals surface area (Å²) < 4.78 is 5.41. The lowest BCUT2D eigenvalue weighted by Crippen LogP contribution is -2.16. The number of rotatable bonds is 5. The summed E-state index contributed by atoms with van der Waals surface area (Å²) in [7, 11) is 0. The first-order chi connectivity index (χ1) is 9.69. The van der Waals surface area contributed by atoms with E-state index in [2.05, 4.69) is 10.3 Å². The first kappa shape index (κ1) is 14.3. The third-order valence-electron chi connectivity index (χ3n) is 2.61. The van der Waals surface area contributed by atoms with Crippen molar-refractivity contribution in [2.75, 3.05) is 11.9 Å². The quantitative estimate of drug-likeness (QED) is 0.919. The predicted molar refractivity (Wildman–Crippen MR) is 79.2 cm³/mol. The maximum Gasteiger partial charge on any atom is 0.230 e. The Kier molecular flexibility index (Phi) is 4.96. The molecular weight excluding hydrogens is 276 g/mol. The number of benzene rings is 1. The molecule has 0 atom stereocenters. The van der Waals surface area contributed by atoms with Gasteiger partial charge in [0.15, 0.2) is 11.6 Å². The summed E-state index contributed by atoms with van der Waals surface area (Å²) in [6.45, 7) is 2.40. The van der Waals surface area contributed by atoms with E-state index in [4.69, 9.17) is 16.3 Å². The van der Waals surface area contributed by atoms with Gasteiger partial charge in [-0.1, -0.05) is 23.7 Å². The van der Waals surface area contributed by atoms with Gasteiger partial charge in [-0.05, 0) is 36.8 Å². The largest absolute Gasteiger partial charge is 0.490 e. The summed E-state index contributed by atoms with van der Waals surface area (Å²) in [6.07, 6.45) is 1.87. The van der Waals surface area contributed by atoms with Crippen molar-refractivity contribution in [3.05, 3.63) is 53.2 Å². The highest BCUT2D eigenvalue weighted by Gasteiger charge is 2.09. The van der Waals surface area contributed by atoms with Gasteiger partial charge in [0.1, 0.15) is 0 Å². The molecule has 1 aromatic carbocycles. The van der Waals surface area contributed by atoms with Crippen LogP contribution in [-0.2, 0) is 11.2 Å². The van der Waals surface area contributed by atoms with Crippen molar-refractivity contribution < 1.29 is 9.53 Å². The molecule has 5 heteroatoms. The molecule has 0 bridgehead atoms. The normalized spacial score (nSPS) is 10.1. The van der Waals surface area contributed by atoms with Crippen LogP contribution in [0.1, 0.15) is 12.5 Å². The van der Waals surface area contributed by atoms with Gasteiger partial charge in [-0.25, -0.2) is 4.98 Å². The molecule has 1 heterocycles. The van der Waals surface area contributed by atoms with Gasteiger partial charge in [0, 0.05) is 11.2 Å². The van der Waals surface area contributed by atoms with Gasteiger partial charge < -0.3 is 10.1 Å². The van der Waals surface area contributed by atoms with Gasteiger partial charge in [0.25, 0.3) is 0 Å². The summed E-state index contributed by atoms with van der Waals surface area (Å²) in [4.78, 5) is 16.1. The highest BCUT2D eigenvalue weighted by atomic mass is 35.5. The number of hydrogen-bond donors (Lipinski definition) is 1. The average molecular weight is 291 g/mol. The molecule has 1 amide bonds. The Hall–Kier alpha value is -2.07. The predicted octanol–water partition coefficient (Wildman–Crippen LogP) is 3.31. The standard InChI is InChI=1S/C15H15ClN2O2/c1-2-20-13-4-3-9-17-15(13)18-14(19)10-11-5-7-12(16)8-6-11/h3-9H,2,10H2,1H3,(H,17,18,19). The summed E-state index contributed by atoms with van der Waals surface area (Å²) in [5.74, 6) is 0.861. The second-order valence-electron chi connectivity index (χ2n) is 4.13. The number of halogens is 1. The molecule has 1 N–H and O–H groups in total. The Morgan fingerprint density at radius 2 is 2.05 bits per heavy atom. The van der Waals surface area contributed by atoms with Crippen molar-refractivity contribution in [3.63, 3.8) is 0 Å². The Bertz CT molecular complexity index is 585. The van der Waals surface area contributed by atoms with Crippen LogP contribution in [-0.4, -0.2) is 17.5 Å². The van der Waals surface area contributed by atoms with Crippen LogP contribution < -0.4 is 10.1 Å². The monoisotopic (exact) mass is 290 g/mol. The first-order valence-electron chi connectivity index (χ1n) is 6.31. The van der Waals surface area contributed by atoms with Crippen molar-refractivity contribution in [2.45, 2.75) is 13.3 Å². The third-order valence-corrected chi connectivity index (χ3v) is 2.86. The maximum absolute atomic E-state index is 12.0. The molecule has 0 aliphatic carbocycles. The molecule has 2 rings (SSSR count). The molecule has 0 unspecified atom stereocenters. The maximum atomic E-state index is 12.0. The number of nitrogens with one attached hydrogen (secondary N) is 1. The zero-order valence-electron chi connectivity index (χ0n) is 11.1. The SMILES string of the molecule is CCOc1cccnc1NC(=O)Cc1ccc(Cl)cc1. The van der Waals surface area contributed by atoms with Crippen molar-refractivity contribution in [1.82, 2.24) is 4.98 Å². The van der Waals surface area contributed by atoms with Gasteiger partial charge >= 0.3 is 0 Å². The van der Waals surface area contributed by atoms with Gasteiger partial charge in [-0.2, -0.15) is 0 Å². The van der Waals surface area contributed by atoms with Crippen LogP contribution in [0.15, 0.2) is 42.6 Å². The van der Waals surface area contributed by atoms with Crippen molar-refractivity contribution in [1.29, 1.82) is 0 Å². The van der Waals surface area contributed by atoms with E-state index in [1.54, 1.807) is 30.5 Å². The number of anilines is 1. The Balaban J connectivity index is 2.02. The lowest BCUT2D eigenvalue weighted by atomic mass is 10.1.